The van der Waals surface area contributed by atoms with Crippen molar-refractivity contribution in [3.8, 4) is 0 Å². The maximum Gasteiger partial charge on any atom is 0.324 e. The van der Waals surface area contributed by atoms with Gasteiger partial charge in [-0.15, -0.1) is 5.10 Å². The minimum Gasteiger partial charge on any atom is -0.336 e. The molecule has 3 amide bonds. The maximum absolute atomic E-state index is 12.2. The van der Waals surface area contributed by atoms with E-state index in [9.17, 15) is 9.59 Å². The number of imide groups is 1. The number of amides is 3. The highest BCUT2D eigenvalue weighted by Crippen LogP contribution is 2.28. The van der Waals surface area contributed by atoms with Gasteiger partial charge in [-0.05, 0) is 12.8 Å². The van der Waals surface area contributed by atoms with E-state index in [0.717, 1.165) is 12.2 Å². The van der Waals surface area contributed by atoms with Gasteiger partial charge >= 0.3 is 6.03 Å². The Hall–Kier alpha value is -1.57. The van der Waals surface area contributed by atoms with Crippen LogP contribution in [0.4, 0.5) is 4.79 Å². The van der Waals surface area contributed by atoms with E-state index in [-0.39, 0.29) is 17.2 Å². The van der Waals surface area contributed by atoms with Crippen LogP contribution in [-0.2, 0) is 11.2 Å². The molecular weight excluding hydrogens is 302 g/mol. The molecule has 1 aliphatic heterocycles. The third-order valence-corrected chi connectivity index (χ3v) is 5.17. The molecule has 0 spiro atoms. The topological polar surface area (TPSA) is 91.0 Å². The number of nitrogens with zero attached hydrogens (tertiary/aromatic N) is 3. The number of aromatic nitrogens is 3. The molecule has 2 fully saturated rings. The van der Waals surface area contributed by atoms with Gasteiger partial charge in [-0.3, -0.25) is 14.8 Å². The molecule has 7 nitrogen and oxygen atoms in total. The quantitative estimate of drug-likeness (QED) is 0.803. The van der Waals surface area contributed by atoms with Crippen molar-refractivity contribution >= 4 is 23.7 Å². The number of rotatable bonds is 5. The van der Waals surface area contributed by atoms with Crippen molar-refractivity contribution in [2.24, 2.45) is 5.92 Å². The van der Waals surface area contributed by atoms with Crippen LogP contribution in [0.3, 0.4) is 0 Å². The molecule has 0 bridgehead atoms. The highest BCUT2D eigenvalue weighted by atomic mass is 32.2. The zero-order chi connectivity index (χ0) is 15.5. The minimum absolute atomic E-state index is 0.192. The fourth-order valence-corrected chi connectivity index (χ4v) is 3.83. The van der Waals surface area contributed by atoms with Crippen LogP contribution in [0.2, 0.25) is 0 Å². The number of urea groups is 1. The summed E-state index contributed by atoms with van der Waals surface area (Å²) in [5.41, 5.74) is 0. The second kappa shape index (κ2) is 6.68. The van der Waals surface area contributed by atoms with Crippen molar-refractivity contribution in [1.29, 1.82) is 0 Å². The van der Waals surface area contributed by atoms with E-state index in [4.69, 9.17) is 0 Å². The van der Waals surface area contributed by atoms with Crippen molar-refractivity contribution in [2.75, 3.05) is 13.1 Å². The number of nitrogens with one attached hydrogen (secondary N) is 2. The summed E-state index contributed by atoms with van der Waals surface area (Å²) in [6, 6.07) is -0.311. The molecule has 3 rings (SSSR count). The van der Waals surface area contributed by atoms with Gasteiger partial charge in [-0.1, -0.05) is 37.4 Å². The van der Waals surface area contributed by atoms with Gasteiger partial charge in [0.25, 0.3) is 0 Å². The first-order valence-electron chi connectivity index (χ1n) is 7.80. The molecule has 0 unspecified atom stereocenters. The van der Waals surface area contributed by atoms with Crippen LogP contribution in [0.5, 0.6) is 0 Å². The average Bonchev–Trinajstić information content (AvgIpc) is 3.22. The van der Waals surface area contributed by atoms with Crippen LogP contribution in [0.1, 0.15) is 38.4 Å². The lowest BCUT2D eigenvalue weighted by Crippen LogP contribution is -2.38. The second-order valence-corrected chi connectivity index (χ2v) is 7.21. The fourth-order valence-electron chi connectivity index (χ4n) is 3.02. The maximum atomic E-state index is 12.2. The number of aromatic amines is 1. The molecule has 2 N–H and O–H groups in total. The molecule has 2 heterocycles. The van der Waals surface area contributed by atoms with Crippen molar-refractivity contribution in [2.45, 2.75) is 49.4 Å². The smallest absolute Gasteiger partial charge is 0.324 e. The molecule has 1 saturated heterocycles. The monoisotopic (exact) mass is 323 g/mol. The molecule has 120 valence electrons. The SMILES string of the molecule is C[C@@H](Sc1n[nH]c(CC2CCCC2)n1)C(=O)N1CCNC1=O. The van der Waals surface area contributed by atoms with E-state index in [1.54, 1.807) is 6.92 Å². The van der Waals surface area contributed by atoms with Crippen LogP contribution < -0.4 is 5.32 Å². The highest BCUT2D eigenvalue weighted by Gasteiger charge is 2.30. The third kappa shape index (κ3) is 3.43. The summed E-state index contributed by atoms with van der Waals surface area (Å²) in [4.78, 5) is 29.5. The molecule has 2 aliphatic rings. The van der Waals surface area contributed by atoms with E-state index in [2.05, 4.69) is 20.5 Å². The van der Waals surface area contributed by atoms with Gasteiger partial charge in [0.2, 0.25) is 11.1 Å². The van der Waals surface area contributed by atoms with Gasteiger partial charge in [-0.25, -0.2) is 9.78 Å². The molecular formula is C14H21N5O2S. The minimum atomic E-state index is -0.376. The number of hydrogen-bond acceptors (Lipinski definition) is 5. The zero-order valence-electron chi connectivity index (χ0n) is 12.7. The second-order valence-electron chi connectivity index (χ2n) is 5.90. The molecule has 1 atom stereocenters. The van der Waals surface area contributed by atoms with Crippen molar-refractivity contribution in [1.82, 2.24) is 25.4 Å². The van der Waals surface area contributed by atoms with E-state index in [0.29, 0.717) is 24.2 Å². The van der Waals surface area contributed by atoms with Crippen LogP contribution in [0, 0.1) is 5.92 Å². The Morgan fingerprint density at radius 2 is 2.23 bits per heavy atom. The number of carbonyl (C=O) groups is 2. The molecule has 1 aromatic heterocycles. The third-order valence-electron chi connectivity index (χ3n) is 4.22. The first kappa shape index (κ1) is 15.3. The summed E-state index contributed by atoms with van der Waals surface area (Å²) < 4.78 is 0. The summed E-state index contributed by atoms with van der Waals surface area (Å²) in [5.74, 6) is 1.41. The predicted octanol–water partition coefficient (Wildman–Crippen LogP) is 1.57. The van der Waals surface area contributed by atoms with Crippen molar-refractivity contribution in [3.63, 3.8) is 0 Å². The lowest BCUT2D eigenvalue weighted by Gasteiger charge is -2.15. The van der Waals surface area contributed by atoms with Gasteiger partial charge in [0.05, 0.1) is 5.25 Å². The van der Waals surface area contributed by atoms with Gasteiger partial charge < -0.3 is 5.32 Å². The highest BCUT2D eigenvalue weighted by molar-refractivity contribution is 8.00. The fraction of sp³-hybridized carbons (Fsp3) is 0.714. The number of H-pyrrole nitrogens is 1. The Bertz CT molecular complexity index is 555. The van der Waals surface area contributed by atoms with Crippen LogP contribution in [-0.4, -0.2) is 50.4 Å². The zero-order valence-corrected chi connectivity index (χ0v) is 13.5. The number of hydrogen-bond donors (Lipinski definition) is 2. The summed E-state index contributed by atoms with van der Waals surface area (Å²) in [5, 5.41) is 9.99. The Morgan fingerprint density at radius 1 is 1.45 bits per heavy atom. The van der Waals surface area contributed by atoms with Gasteiger partial charge in [-0.2, -0.15) is 0 Å². The molecule has 0 radical (unpaired) electrons. The van der Waals surface area contributed by atoms with E-state index >= 15 is 0 Å². The van der Waals surface area contributed by atoms with Crippen molar-refractivity contribution < 1.29 is 9.59 Å². The lowest BCUT2D eigenvalue weighted by molar-refractivity contribution is -0.126. The van der Waals surface area contributed by atoms with Crippen LogP contribution in [0.15, 0.2) is 5.16 Å². The van der Waals surface area contributed by atoms with Crippen LogP contribution in [0.25, 0.3) is 0 Å². The summed E-state index contributed by atoms with van der Waals surface area (Å²) >= 11 is 1.29. The molecule has 22 heavy (non-hydrogen) atoms. The van der Waals surface area contributed by atoms with Gasteiger partial charge in [0, 0.05) is 19.5 Å². The molecule has 1 aliphatic carbocycles. The molecule has 8 heteroatoms. The summed E-state index contributed by atoms with van der Waals surface area (Å²) in [7, 11) is 0. The first-order valence-corrected chi connectivity index (χ1v) is 8.68. The largest absolute Gasteiger partial charge is 0.336 e. The Morgan fingerprint density at radius 3 is 2.91 bits per heavy atom. The van der Waals surface area contributed by atoms with E-state index < -0.39 is 0 Å². The normalized spacial score (nSPS) is 20.4. The van der Waals surface area contributed by atoms with E-state index in [1.165, 1.54) is 42.3 Å². The lowest BCUT2D eigenvalue weighted by atomic mass is 10.0. The Kier molecular flexibility index (Phi) is 4.66. The standard InChI is InChI=1S/C14H21N5O2S/c1-9(12(20)19-7-6-15-14(19)21)22-13-16-11(17-18-13)8-10-4-2-3-5-10/h9-10H,2-8H2,1H3,(H,15,21)(H,16,17,18)/t9-/m1/s1. The van der Waals surface area contributed by atoms with Crippen molar-refractivity contribution in [3.05, 3.63) is 5.82 Å². The van der Waals surface area contributed by atoms with E-state index in [1.807, 2.05) is 0 Å². The van der Waals surface area contributed by atoms with Gasteiger partial charge in [0.1, 0.15) is 5.82 Å². The number of carbonyl (C=O) groups excluding carboxylic acids is 2. The average molecular weight is 323 g/mol. The number of thioether (sulfide) groups is 1. The van der Waals surface area contributed by atoms with Crippen LogP contribution >= 0.6 is 11.8 Å². The molecule has 1 saturated carbocycles. The molecule has 1 aromatic rings. The Balaban J connectivity index is 1.54. The van der Waals surface area contributed by atoms with Gasteiger partial charge in [0.15, 0.2) is 0 Å². The summed E-state index contributed by atoms with van der Waals surface area (Å²) in [6.45, 7) is 2.74. The predicted molar refractivity (Wildman–Crippen MR) is 82.5 cm³/mol. The molecule has 0 aromatic carbocycles. The first-order chi connectivity index (χ1) is 10.6. The summed E-state index contributed by atoms with van der Waals surface area (Å²) in [6.07, 6.45) is 6.09. The Labute approximate surface area is 133 Å².